The lowest BCUT2D eigenvalue weighted by Crippen LogP contribution is -2.13. The molecule has 0 amide bonds. The maximum Gasteiger partial charge on any atom is 0.310 e. The summed E-state index contributed by atoms with van der Waals surface area (Å²) in [5.41, 5.74) is 0.706. The van der Waals surface area contributed by atoms with Crippen molar-refractivity contribution in [2.45, 2.75) is 19.3 Å². The minimum atomic E-state index is -1.22. The Balaban J connectivity index is 1.92. The van der Waals surface area contributed by atoms with Gasteiger partial charge in [-0.1, -0.05) is 6.07 Å². The van der Waals surface area contributed by atoms with Gasteiger partial charge in [0.25, 0.3) is 0 Å². The van der Waals surface area contributed by atoms with Crippen LogP contribution in [0.4, 0.5) is 0 Å². The van der Waals surface area contributed by atoms with Gasteiger partial charge in [0.2, 0.25) is 6.79 Å². The summed E-state index contributed by atoms with van der Waals surface area (Å²) < 4.78 is 10.3. The Morgan fingerprint density at radius 3 is 2.53 bits per heavy atom. The molecule has 1 heterocycles. The van der Waals surface area contributed by atoms with Crippen LogP contribution in [0.1, 0.15) is 18.4 Å². The first-order valence-electron chi connectivity index (χ1n) is 5.68. The SMILES string of the molecule is O=C(O)CC(=O)CC(=O)Cc1ccc2c(c1)OCO2. The third-order valence-corrected chi connectivity index (χ3v) is 2.58. The second-order valence-corrected chi connectivity index (χ2v) is 4.19. The van der Waals surface area contributed by atoms with Crippen LogP contribution in [0, 0.1) is 0 Å². The maximum absolute atomic E-state index is 11.6. The first kappa shape index (κ1) is 13.1. The highest BCUT2D eigenvalue weighted by molar-refractivity contribution is 6.05. The molecule has 1 aromatic rings. The van der Waals surface area contributed by atoms with Crippen molar-refractivity contribution in [2.24, 2.45) is 0 Å². The number of rotatable bonds is 6. The lowest BCUT2D eigenvalue weighted by molar-refractivity contribution is -0.140. The first-order chi connectivity index (χ1) is 9.04. The molecule has 0 bridgehead atoms. The van der Waals surface area contributed by atoms with E-state index in [1.54, 1.807) is 18.2 Å². The molecule has 6 heteroatoms. The number of hydrogen-bond acceptors (Lipinski definition) is 5. The molecule has 100 valence electrons. The summed E-state index contributed by atoms with van der Waals surface area (Å²) in [7, 11) is 0. The number of ether oxygens (including phenoxy) is 2. The van der Waals surface area contributed by atoms with Crippen molar-refractivity contribution in [2.75, 3.05) is 6.79 Å². The highest BCUT2D eigenvalue weighted by Gasteiger charge is 2.16. The summed E-state index contributed by atoms with van der Waals surface area (Å²) >= 11 is 0. The Morgan fingerprint density at radius 2 is 1.79 bits per heavy atom. The van der Waals surface area contributed by atoms with Crippen LogP contribution in [0.25, 0.3) is 0 Å². The average Bonchev–Trinajstić information content (AvgIpc) is 2.74. The molecule has 1 aromatic carbocycles. The van der Waals surface area contributed by atoms with Gasteiger partial charge in [-0.3, -0.25) is 14.4 Å². The number of carboxylic acids is 1. The average molecular weight is 264 g/mol. The van der Waals surface area contributed by atoms with E-state index in [-0.39, 0.29) is 25.4 Å². The molecule has 2 rings (SSSR count). The van der Waals surface area contributed by atoms with E-state index in [2.05, 4.69) is 0 Å². The Labute approximate surface area is 108 Å². The zero-order valence-electron chi connectivity index (χ0n) is 10.0. The molecule has 0 radical (unpaired) electrons. The Hall–Kier alpha value is -2.37. The van der Waals surface area contributed by atoms with Crippen molar-refractivity contribution < 1.29 is 29.0 Å². The van der Waals surface area contributed by atoms with Crippen molar-refractivity contribution >= 4 is 17.5 Å². The van der Waals surface area contributed by atoms with Crippen molar-refractivity contribution in [3.8, 4) is 11.5 Å². The molecule has 1 aliphatic heterocycles. The molecule has 0 aliphatic carbocycles. The van der Waals surface area contributed by atoms with Crippen LogP contribution in [0.15, 0.2) is 18.2 Å². The topological polar surface area (TPSA) is 89.9 Å². The van der Waals surface area contributed by atoms with E-state index in [1.807, 2.05) is 0 Å². The summed E-state index contributed by atoms with van der Waals surface area (Å²) in [4.78, 5) is 33.1. The van der Waals surface area contributed by atoms with Gasteiger partial charge in [0.05, 0.1) is 6.42 Å². The molecule has 0 aromatic heterocycles. The van der Waals surface area contributed by atoms with Crippen LogP contribution in [0.5, 0.6) is 11.5 Å². The number of carbonyl (C=O) groups excluding carboxylic acids is 2. The van der Waals surface area contributed by atoms with Gasteiger partial charge in [0, 0.05) is 6.42 Å². The third kappa shape index (κ3) is 3.54. The van der Waals surface area contributed by atoms with Crippen LogP contribution in [-0.2, 0) is 20.8 Å². The number of benzene rings is 1. The highest BCUT2D eigenvalue weighted by atomic mass is 16.7. The summed E-state index contributed by atoms with van der Waals surface area (Å²) in [6.45, 7) is 0.157. The van der Waals surface area contributed by atoms with E-state index in [0.29, 0.717) is 17.1 Å². The van der Waals surface area contributed by atoms with Gasteiger partial charge < -0.3 is 14.6 Å². The number of ketones is 2. The molecule has 0 fully saturated rings. The van der Waals surface area contributed by atoms with E-state index in [9.17, 15) is 14.4 Å². The first-order valence-corrected chi connectivity index (χ1v) is 5.68. The largest absolute Gasteiger partial charge is 0.481 e. The number of aliphatic carboxylic acids is 1. The number of Topliss-reactive ketones (excluding diaryl/α,β-unsaturated/α-hetero) is 2. The van der Waals surface area contributed by atoms with Gasteiger partial charge in [-0.2, -0.15) is 0 Å². The summed E-state index contributed by atoms with van der Waals surface area (Å²) in [6.07, 6.45) is -0.907. The van der Waals surface area contributed by atoms with E-state index in [1.165, 1.54) is 0 Å². The zero-order valence-corrected chi connectivity index (χ0v) is 10.0. The second-order valence-electron chi connectivity index (χ2n) is 4.19. The van der Waals surface area contributed by atoms with E-state index in [0.717, 1.165) is 0 Å². The molecule has 6 nitrogen and oxygen atoms in total. The molecular formula is C13H12O6. The maximum atomic E-state index is 11.6. The molecule has 19 heavy (non-hydrogen) atoms. The fourth-order valence-electron chi connectivity index (χ4n) is 1.79. The smallest absolute Gasteiger partial charge is 0.310 e. The Bertz CT molecular complexity index is 534. The molecule has 0 saturated carbocycles. The van der Waals surface area contributed by atoms with Crippen molar-refractivity contribution in [1.29, 1.82) is 0 Å². The van der Waals surface area contributed by atoms with Crippen LogP contribution < -0.4 is 9.47 Å². The van der Waals surface area contributed by atoms with Crippen molar-refractivity contribution in [3.63, 3.8) is 0 Å². The third-order valence-electron chi connectivity index (χ3n) is 2.58. The lowest BCUT2D eigenvalue weighted by Gasteiger charge is -2.02. The van der Waals surface area contributed by atoms with Crippen molar-refractivity contribution in [1.82, 2.24) is 0 Å². The zero-order chi connectivity index (χ0) is 13.8. The summed E-state index contributed by atoms with van der Waals surface area (Å²) in [5.74, 6) is -0.926. The van der Waals surface area contributed by atoms with Crippen LogP contribution in [0.2, 0.25) is 0 Å². The fourth-order valence-corrected chi connectivity index (χ4v) is 1.79. The predicted octanol–water partition coefficient (Wildman–Crippen LogP) is 0.961. The summed E-state index contributed by atoms with van der Waals surface area (Å²) in [5, 5.41) is 8.43. The fraction of sp³-hybridized carbons (Fsp3) is 0.308. The number of carboxylic acid groups (broad SMARTS) is 1. The summed E-state index contributed by atoms with van der Waals surface area (Å²) in [6, 6.07) is 5.10. The highest BCUT2D eigenvalue weighted by Crippen LogP contribution is 2.32. The second kappa shape index (κ2) is 5.51. The van der Waals surface area contributed by atoms with Crippen LogP contribution in [0.3, 0.4) is 0 Å². The molecular weight excluding hydrogens is 252 g/mol. The number of carbonyl (C=O) groups is 3. The van der Waals surface area contributed by atoms with Gasteiger partial charge in [-0.05, 0) is 17.7 Å². The van der Waals surface area contributed by atoms with E-state index in [4.69, 9.17) is 14.6 Å². The van der Waals surface area contributed by atoms with E-state index >= 15 is 0 Å². The van der Waals surface area contributed by atoms with Crippen LogP contribution in [-0.4, -0.2) is 29.4 Å². The molecule has 0 unspecified atom stereocenters. The van der Waals surface area contributed by atoms with Crippen LogP contribution >= 0.6 is 0 Å². The van der Waals surface area contributed by atoms with E-state index < -0.39 is 18.2 Å². The minimum Gasteiger partial charge on any atom is -0.481 e. The molecule has 0 spiro atoms. The van der Waals surface area contributed by atoms with Gasteiger partial charge in [0.15, 0.2) is 17.3 Å². The Morgan fingerprint density at radius 1 is 1.05 bits per heavy atom. The quantitative estimate of drug-likeness (QED) is 0.770. The Kier molecular flexibility index (Phi) is 3.79. The molecule has 1 N–H and O–H groups in total. The number of fused-ring (bicyclic) bond motifs is 1. The standard InChI is InChI=1S/C13H12O6/c14-9(5-10(15)6-13(16)17)3-8-1-2-11-12(4-8)19-7-18-11/h1-2,4H,3,5-7H2,(H,16,17). The predicted molar refractivity (Wildman–Crippen MR) is 63.2 cm³/mol. The monoisotopic (exact) mass is 264 g/mol. The normalized spacial score (nSPS) is 12.2. The van der Waals surface area contributed by atoms with Crippen molar-refractivity contribution in [3.05, 3.63) is 23.8 Å². The van der Waals surface area contributed by atoms with Gasteiger partial charge in [-0.25, -0.2) is 0 Å². The minimum absolute atomic E-state index is 0.0714. The molecule has 1 aliphatic rings. The van der Waals surface area contributed by atoms with Gasteiger partial charge in [-0.15, -0.1) is 0 Å². The molecule has 0 saturated heterocycles. The lowest BCUT2D eigenvalue weighted by atomic mass is 10.0. The van der Waals surface area contributed by atoms with Gasteiger partial charge in [0.1, 0.15) is 12.2 Å². The molecule has 0 atom stereocenters. The van der Waals surface area contributed by atoms with Gasteiger partial charge >= 0.3 is 5.97 Å². The number of hydrogen-bond donors (Lipinski definition) is 1.